The number of allylic oxidation sites excluding steroid dienone is 3. The lowest BCUT2D eigenvalue weighted by Crippen LogP contribution is -2.32. The number of carbonyl (C=O) groups excluding carboxylic acids is 4. The number of amides is 1. The molecule has 0 unspecified atom stereocenters. The minimum absolute atomic E-state index is 0.0348. The molecule has 3 fully saturated rings. The van der Waals surface area contributed by atoms with E-state index in [9.17, 15) is 19.2 Å². The van der Waals surface area contributed by atoms with Crippen LogP contribution in [0.15, 0.2) is 112 Å². The van der Waals surface area contributed by atoms with E-state index in [1.54, 1.807) is 66.3 Å². The van der Waals surface area contributed by atoms with Gasteiger partial charge in [-0.25, -0.2) is 29.9 Å². The molecule has 9 aromatic rings. The van der Waals surface area contributed by atoms with Gasteiger partial charge in [-0.3, -0.25) is 39.0 Å². The third-order valence-electron chi connectivity index (χ3n) is 18.8. The van der Waals surface area contributed by atoms with Crippen LogP contribution >= 0.6 is 69.6 Å². The third kappa shape index (κ3) is 19.0. The monoisotopic (exact) mass is 1590 g/mol. The van der Waals surface area contributed by atoms with Crippen LogP contribution in [-0.2, 0) is 19.2 Å². The van der Waals surface area contributed by atoms with Gasteiger partial charge < -0.3 is 59.1 Å². The Balaban J connectivity index is 0.000000173. The zero-order valence-corrected chi connectivity index (χ0v) is 65.7. The number of likely N-dealkylation sites (tertiary alicyclic amines) is 3. The van der Waals surface area contributed by atoms with Gasteiger partial charge in [0.2, 0.25) is 23.8 Å². The second kappa shape index (κ2) is 36.7. The van der Waals surface area contributed by atoms with Gasteiger partial charge in [-0.1, -0.05) is 89.3 Å². The van der Waals surface area contributed by atoms with Gasteiger partial charge >= 0.3 is 0 Å². The van der Waals surface area contributed by atoms with Gasteiger partial charge in [0.15, 0.2) is 17.3 Å². The van der Waals surface area contributed by atoms with Gasteiger partial charge in [-0.05, 0) is 57.6 Å². The van der Waals surface area contributed by atoms with Crippen molar-refractivity contribution in [1.29, 1.82) is 0 Å². The van der Waals surface area contributed by atoms with Crippen molar-refractivity contribution < 1.29 is 47.6 Å². The van der Waals surface area contributed by atoms with Crippen LogP contribution in [-0.4, -0.2) is 222 Å². The molecule has 3 aliphatic heterocycles. The highest BCUT2D eigenvalue weighted by atomic mass is 35.5. The van der Waals surface area contributed by atoms with Gasteiger partial charge in [0.1, 0.15) is 34.5 Å². The van der Waals surface area contributed by atoms with Crippen LogP contribution in [0.5, 0.6) is 34.5 Å². The molecule has 0 radical (unpaired) electrons. The van der Waals surface area contributed by atoms with E-state index in [1.807, 2.05) is 19.2 Å². The van der Waals surface area contributed by atoms with Crippen LogP contribution in [0.4, 0.5) is 17.8 Å². The van der Waals surface area contributed by atoms with E-state index in [0.717, 1.165) is 55.4 Å². The number of nitrogens with zero attached hydrogens (tertiary/aromatic N) is 13. The molecule has 0 saturated carbocycles. The average Bonchev–Trinajstić information content (AvgIpc) is 1.15. The third-order valence-corrected chi connectivity index (χ3v) is 21.0. The molecule has 108 heavy (non-hydrogen) atoms. The number of anilines is 3. The van der Waals surface area contributed by atoms with Crippen molar-refractivity contribution in [3.63, 3.8) is 0 Å². The highest BCUT2D eigenvalue weighted by Gasteiger charge is 2.38. The van der Waals surface area contributed by atoms with Crippen molar-refractivity contribution in [3.05, 3.63) is 142 Å². The molecule has 12 rings (SSSR count). The van der Waals surface area contributed by atoms with E-state index < -0.39 is 0 Å². The number of halogens is 6. The van der Waals surface area contributed by atoms with E-state index in [1.165, 1.54) is 67.8 Å². The molecule has 568 valence electrons. The first-order valence-electron chi connectivity index (χ1n) is 34.1. The Labute approximate surface area is 655 Å². The van der Waals surface area contributed by atoms with Gasteiger partial charge in [0.25, 0.3) is 0 Å². The number of benzene rings is 3. The fraction of sp³-hybridized carbons (Fsp3) is 0.355. The maximum atomic E-state index is 12.1. The molecule has 3 aliphatic rings. The number of methoxy groups -OCH3 is 6. The molecule has 0 bridgehead atoms. The van der Waals surface area contributed by atoms with Crippen LogP contribution < -0.4 is 44.4 Å². The lowest BCUT2D eigenvalue weighted by Gasteiger charge is -2.19. The molecule has 6 aromatic heterocycles. The summed E-state index contributed by atoms with van der Waals surface area (Å²) in [5.41, 5.74) is 5.01. The van der Waals surface area contributed by atoms with Crippen molar-refractivity contribution in [2.45, 2.75) is 44.3 Å². The van der Waals surface area contributed by atoms with E-state index in [0.29, 0.717) is 159 Å². The lowest BCUT2D eigenvalue weighted by molar-refractivity contribution is -0.128. The van der Waals surface area contributed by atoms with Gasteiger partial charge in [-0.2, -0.15) is 0 Å². The summed E-state index contributed by atoms with van der Waals surface area (Å²) >= 11 is 39.3. The van der Waals surface area contributed by atoms with E-state index >= 15 is 0 Å². The quantitative estimate of drug-likeness (QED) is 0.0403. The van der Waals surface area contributed by atoms with Crippen LogP contribution in [0.25, 0.3) is 66.5 Å². The number of nitrogens with one attached hydrogen (secondary N) is 3. The average molecular weight is 1590 g/mol. The molecule has 0 aliphatic carbocycles. The number of rotatable bonds is 27. The summed E-state index contributed by atoms with van der Waals surface area (Å²) in [6.45, 7) is 18.3. The molecule has 32 heteroatoms. The predicted molar refractivity (Wildman–Crippen MR) is 425 cm³/mol. The molecule has 3 N–H and O–H groups in total. The van der Waals surface area contributed by atoms with Crippen LogP contribution in [0.1, 0.15) is 26.2 Å². The summed E-state index contributed by atoms with van der Waals surface area (Å²) in [6, 6.07) is 10.2. The second-order valence-corrected chi connectivity index (χ2v) is 28.5. The number of aromatic nitrogens is 9. The highest BCUT2D eigenvalue weighted by Crippen LogP contribution is 2.49. The van der Waals surface area contributed by atoms with Crippen LogP contribution in [0.2, 0.25) is 30.1 Å². The number of carbonyl (C=O) groups is 4. The molecular weight excluding hydrogens is 1510 g/mol. The van der Waals surface area contributed by atoms with E-state index in [2.05, 4.69) is 109 Å². The Hall–Kier alpha value is -9.35. The molecule has 3 aromatic carbocycles. The molecule has 6 atom stereocenters. The first-order valence-corrected chi connectivity index (χ1v) is 36.4. The first-order chi connectivity index (χ1) is 51.8. The maximum Gasteiger partial charge on any atom is 0.223 e. The Bertz CT molecular complexity index is 4810. The first kappa shape index (κ1) is 81.2. The van der Waals surface area contributed by atoms with Gasteiger partial charge in [-0.15, -0.1) is 0 Å². The summed E-state index contributed by atoms with van der Waals surface area (Å²) in [7, 11) is 15.3. The highest BCUT2D eigenvalue weighted by molar-refractivity contribution is 6.42. The van der Waals surface area contributed by atoms with Crippen molar-refractivity contribution in [2.24, 2.45) is 17.8 Å². The fourth-order valence-electron chi connectivity index (χ4n) is 13.1. The fourth-order valence-corrected chi connectivity index (χ4v) is 15.2. The number of hydrogen-bond donors (Lipinski definition) is 3. The molecule has 1 amide bonds. The predicted octanol–water partition coefficient (Wildman–Crippen LogP) is 13.4. The van der Waals surface area contributed by atoms with Crippen molar-refractivity contribution >= 4 is 143 Å². The summed E-state index contributed by atoms with van der Waals surface area (Å²) in [5.74, 6) is 4.07. The lowest BCUT2D eigenvalue weighted by atomic mass is 9.97. The van der Waals surface area contributed by atoms with Crippen molar-refractivity contribution in [3.8, 4) is 68.3 Å². The Kier molecular flexibility index (Phi) is 27.6. The van der Waals surface area contributed by atoms with E-state index in [-0.39, 0.29) is 65.6 Å². The van der Waals surface area contributed by atoms with Crippen LogP contribution in [0, 0.1) is 17.8 Å². The minimum Gasteiger partial charge on any atom is -0.495 e. The van der Waals surface area contributed by atoms with Crippen molar-refractivity contribution in [1.82, 2.24) is 64.5 Å². The number of ether oxygens (including phenoxy) is 6. The SMILES string of the molecule is C=CC(=O)C[C@H]1CN(C(C)=O)C[C@H]1Nc1ncc2cc(-c3c(Cl)c(OC)cc(OC)c3Cl)ncc2n1.C=CC(=O)C[C@H]1CN(C)C[C@H]1Nc1ncc2cc(-c3c(Cl)c(OC)cc(OC)c3Cl)ncc2n1.C=CC(=O)C[C@H]1CN(CCN(C)C)C[C@H]1Nc1ncc2cc(-c3c(Cl)c(OC)cc(OC)c3Cl)ncc2n1. The standard InChI is InChI=1S/C27H32Cl2N6O3.C25H25Cl2N5O4.C24H25Cl2N5O3/c1-6-18(36)9-17-14-35(8-7-34(2)3)15-21(17)33-27-31-12-16-10-19(30-13-20(16)32-27)24-25(28)22(37-4)11-23(38-5)26(24)29;1-5-16(34)6-15-11-32(13(2)33)12-19(15)31-25-29-9-14-7-17(28-10-18(14)30-25)22-23(26)20(35-3)8-21(36-4)24(22)27;1-5-15(32)6-14-11-31(2)12-18(14)30-24-28-9-13-7-16(27-10-17(13)29-24)21-22(25)19(33-3)8-20(34-4)23(21)26/h6,10-13,17,21H,1,7-9,14-15H2,2-5H3,(H,31,32,33);5,7-10,15,19H,1,6,11-12H2,2-4H3,(H,29,30,31);5,7-10,14,18H,1,6,11-12H2,2-4H3,(H,28,29,30)/t17-,21+;15-,19+;14-,18+/m000/s1. The normalized spacial score (nSPS) is 17.7. The number of hydrogen-bond acceptors (Lipinski definition) is 25. The number of fused-ring (bicyclic) bond motifs is 3. The number of ketones is 3. The van der Waals surface area contributed by atoms with Gasteiger partial charge in [0, 0.05) is 178 Å². The van der Waals surface area contributed by atoms with Gasteiger partial charge in [0.05, 0.1) is 131 Å². The number of pyridine rings is 3. The minimum atomic E-state index is -0.177. The van der Waals surface area contributed by atoms with Crippen LogP contribution in [0.3, 0.4) is 0 Å². The molecule has 0 spiro atoms. The summed E-state index contributed by atoms with van der Waals surface area (Å²) in [4.78, 5) is 97.3. The summed E-state index contributed by atoms with van der Waals surface area (Å²) < 4.78 is 32.2. The smallest absolute Gasteiger partial charge is 0.223 e. The zero-order chi connectivity index (χ0) is 77.8. The molecular formula is C76H82Cl6N16O10. The zero-order valence-electron chi connectivity index (χ0n) is 61.2. The molecule has 26 nitrogen and oxygen atoms in total. The topological polar surface area (TPSA) is 289 Å². The Morgan fingerprint density at radius 1 is 0.454 bits per heavy atom. The van der Waals surface area contributed by atoms with E-state index in [4.69, 9.17) is 98.0 Å². The molecule has 3 saturated heterocycles. The molecule has 9 heterocycles. The summed E-state index contributed by atoms with van der Waals surface area (Å²) in [5, 5.41) is 14.4. The van der Waals surface area contributed by atoms with Crippen molar-refractivity contribution in [2.75, 3.05) is 132 Å². The summed E-state index contributed by atoms with van der Waals surface area (Å²) in [6.07, 6.45) is 15.3. The number of likely N-dealkylation sites (N-methyl/N-ethyl adjacent to an activating group) is 2. The second-order valence-electron chi connectivity index (χ2n) is 26.2. The largest absolute Gasteiger partial charge is 0.495 e. The maximum absolute atomic E-state index is 12.1. The Morgan fingerprint density at radius 2 is 0.769 bits per heavy atom. The Morgan fingerprint density at radius 3 is 1.08 bits per heavy atom.